The van der Waals surface area contributed by atoms with Gasteiger partial charge in [0.25, 0.3) is 0 Å². The van der Waals surface area contributed by atoms with Gasteiger partial charge < -0.3 is 26.0 Å². The molecule has 1 aromatic rings. The second-order valence-electron chi connectivity index (χ2n) is 5.26. The number of unbranched alkanes of at least 4 members (excludes halogenated alkanes) is 1. The number of ether oxygens (including phenoxy) is 1. The van der Waals surface area contributed by atoms with Crippen LogP contribution in [0.25, 0.3) is 0 Å². The number of amides is 1. The minimum Gasteiger partial charge on any atom is -0.445 e. The molecule has 7 heteroatoms. The van der Waals surface area contributed by atoms with E-state index < -0.39 is 13.1 Å². The van der Waals surface area contributed by atoms with Crippen molar-refractivity contribution in [3.05, 3.63) is 35.9 Å². The Labute approximate surface area is 132 Å². The zero-order valence-corrected chi connectivity index (χ0v) is 13.1. The van der Waals surface area contributed by atoms with Gasteiger partial charge in [0.05, 0.1) is 0 Å². The lowest BCUT2D eigenvalue weighted by Gasteiger charge is -2.16. The largest absolute Gasteiger partial charge is 0.445 e. The normalized spacial score (nSPS) is 11.8. The second-order valence-corrected chi connectivity index (χ2v) is 5.26. The fourth-order valence-corrected chi connectivity index (χ4v) is 2.01. The van der Waals surface area contributed by atoms with Crippen molar-refractivity contribution < 1.29 is 14.6 Å². The molecule has 5 N–H and O–H groups in total. The van der Waals surface area contributed by atoms with Crippen LogP contribution in [0.4, 0.5) is 4.79 Å². The van der Waals surface area contributed by atoms with Gasteiger partial charge in [-0.25, -0.2) is 4.79 Å². The van der Waals surface area contributed by atoms with E-state index in [1.165, 1.54) is 0 Å². The highest BCUT2D eigenvalue weighted by Gasteiger charge is 2.11. The van der Waals surface area contributed by atoms with E-state index in [4.69, 9.17) is 15.5 Å². The third kappa shape index (κ3) is 8.66. The summed E-state index contributed by atoms with van der Waals surface area (Å²) in [5, 5.41) is 14.8. The Hall–Kier alpha value is -1.57. The van der Waals surface area contributed by atoms with Crippen molar-refractivity contribution in [2.24, 2.45) is 5.73 Å². The first-order chi connectivity index (χ1) is 10.6. The zero-order chi connectivity index (χ0) is 16.2. The molecule has 0 aliphatic rings. The lowest BCUT2D eigenvalue weighted by molar-refractivity contribution is 0.135. The van der Waals surface area contributed by atoms with Crippen LogP contribution >= 0.6 is 0 Å². The Morgan fingerprint density at radius 1 is 1.36 bits per heavy atom. The number of nitrogens with one attached hydrogen (secondary N) is 2. The Bertz CT molecular complexity index is 418. The SMILES string of the molecule is CB(O)NCCCCC(CN)NC(=O)OCc1ccccc1. The maximum Gasteiger partial charge on any atom is 0.407 e. The summed E-state index contributed by atoms with van der Waals surface area (Å²) in [6.07, 6.45) is 2.18. The van der Waals surface area contributed by atoms with Crippen molar-refractivity contribution in [1.82, 2.24) is 10.5 Å². The summed E-state index contributed by atoms with van der Waals surface area (Å²) in [7, 11) is -0.489. The first-order valence-electron chi connectivity index (χ1n) is 7.70. The summed E-state index contributed by atoms with van der Waals surface area (Å²) in [6, 6.07) is 9.45. The van der Waals surface area contributed by atoms with E-state index in [-0.39, 0.29) is 12.6 Å². The fraction of sp³-hybridized carbons (Fsp3) is 0.533. The number of hydrogen-bond acceptors (Lipinski definition) is 5. The van der Waals surface area contributed by atoms with Crippen LogP contribution in [0.2, 0.25) is 6.82 Å². The molecular weight excluding hydrogens is 281 g/mol. The molecule has 0 fully saturated rings. The van der Waals surface area contributed by atoms with Crippen molar-refractivity contribution in [3.63, 3.8) is 0 Å². The van der Waals surface area contributed by atoms with Crippen molar-refractivity contribution in [2.45, 2.75) is 38.7 Å². The van der Waals surface area contributed by atoms with E-state index >= 15 is 0 Å². The zero-order valence-electron chi connectivity index (χ0n) is 13.1. The smallest absolute Gasteiger partial charge is 0.407 e. The number of alkyl carbamates (subject to hydrolysis) is 1. The van der Waals surface area contributed by atoms with E-state index in [0.717, 1.165) is 31.4 Å². The van der Waals surface area contributed by atoms with Crippen LogP contribution in [0.15, 0.2) is 30.3 Å². The van der Waals surface area contributed by atoms with E-state index in [9.17, 15) is 4.79 Å². The molecule has 1 rings (SSSR count). The lowest BCUT2D eigenvalue weighted by Crippen LogP contribution is -2.40. The topological polar surface area (TPSA) is 96.6 Å². The summed E-state index contributed by atoms with van der Waals surface area (Å²) < 4.78 is 5.17. The van der Waals surface area contributed by atoms with E-state index in [1.54, 1.807) is 6.82 Å². The molecule has 0 heterocycles. The third-order valence-electron chi connectivity index (χ3n) is 3.24. The van der Waals surface area contributed by atoms with Crippen molar-refractivity contribution in [2.75, 3.05) is 13.1 Å². The molecule has 1 amide bonds. The summed E-state index contributed by atoms with van der Waals surface area (Å²) >= 11 is 0. The van der Waals surface area contributed by atoms with Crippen LogP contribution in [0.1, 0.15) is 24.8 Å². The number of nitrogens with two attached hydrogens (primary N) is 1. The molecule has 0 saturated carbocycles. The number of carbonyl (C=O) groups is 1. The minimum atomic E-state index is -0.489. The predicted molar refractivity (Wildman–Crippen MR) is 88.3 cm³/mol. The van der Waals surface area contributed by atoms with Crippen LogP contribution in [0.5, 0.6) is 0 Å². The molecule has 1 aromatic carbocycles. The molecule has 1 unspecified atom stereocenters. The van der Waals surface area contributed by atoms with Crippen LogP contribution in [-0.4, -0.2) is 37.3 Å². The lowest BCUT2D eigenvalue weighted by atomic mass is 9.89. The molecule has 0 spiro atoms. The first kappa shape index (κ1) is 18.5. The molecule has 0 aromatic heterocycles. The van der Waals surface area contributed by atoms with Crippen molar-refractivity contribution in [1.29, 1.82) is 0 Å². The summed E-state index contributed by atoms with van der Waals surface area (Å²) in [4.78, 5) is 11.7. The Kier molecular flexibility index (Phi) is 9.29. The van der Waals surface area contributed by atoms with E-state index in [1.807, 2.05) is 30.3 Å². The van der Waals surface area contributed by atoms with Gasteiger partial charge >= 0.3 is 13.1 Å². The summed E-state index contributed by atoms with van der Waals surface area (Å²) in [5.41, 5.74) is 6.62. The average molecular weight is 307 g/mol. The number of hydrogen-bond donors (Lipinski definition) is 4. The van der Waals surface area contributed by atoms with Gasteiger partial charge in [-0.05, 0) is 31.8 Å². The maximum absolute atomic E-state index is 11.7. The number of rotatable bonds is 10. The molecule has 0 saturated heterocycles. The first-order valence-corrected chi connectivity index (χ1v) is 7.70. The van der Waals surface area contributed by atoms with Gasteiger partial charge in [0.15, 0.2) is 0 Å². The van der Waals surface area contributed by atoms with Gasteiger partial charge in [0, 0.05) is 12.6 Å². The number of benzene rings is 1. The molecule has 0 radical (unpaired) electrons. The van der Waals surface area contributed by atoms with Gasteiger partial charge in [-0.3, -0.25) is 0 Å². The Morgan fingerprint density at radius 3 is 2.73 bits per heavy atom. The molecule has 1 atom stereocenters. The second kappa shape index (κ2) is 11.1. The van der Waals surface area contributed by atoms with Gasteiger partial charge in [0.1, 0.15) is 6.61 Å². The van der Waals surface area contributed by atoms with Gasteiger partial charge in [-0.2, -0.15) is 0 Å². The van der Waals surface area contributed by atoms with Crippen molar-refractivity contribution >= 4 is 13.1 Å². The molecule has 6 nitrogen and oxygen atoms in total. The highest BCUT2D eigenvalue weighted by molar-refractivity contribution is 6.45. The minimum absolute atomic E-state index is 0.0881. The molecule has 122 valence electrons. The van der Waals surface area contributed by atoms with Gasteiger partial charge in [0.2, 0.25) is 0 Å². The fourth-order valence-electron chi connectivity index (χ4n) is 2.01. The molecule has 0 bridgehead atoms. The van der Waals surface area contributed by atoms with Gasteiger partial charge in [-0.1, -0.05) is 36.8 Å². The summed E-state index contributed by atoms with van der Waals surface area (Å²) in [6.45, 7) is 3.06. The highest BCUT2D eigenvalue weighted by atomic mass is 16.5. The quantitative estimate of drug-likeness (QED) is 0.383. The maximum atomic E-state index is 11.7. The molecule has 0 aliphatic carbocycles. The highest BCUT2D eigenvalue weighted by Crippen LogP contribution is 2.03. The molecule has 22 heavy (non-hydrogen) atoms. The average Bonchev–Trinajstić information content (AvgIpc) is 2.52. The molecular formula is C15H26BN3O3. The molecule has 0 aliphatic heterocycles. The standard InChI is InChI=1S/C15H26BN3O3/c1-16(21)18-10-6-5-9-14(11-17)19-15(20)22-12-13-7-3-2-4-8-13/h2-4,7-8,14,18,21H,5-6,9-12,17H2,1H3,(H,19,20). The van der Waals surface area contributed by atoms with Gasteiger partial charge in [-0.15, -0.1) is 0 Å². The van der Waals surface area contributed by atoms with E-state index in [2.05, 4.69) is 10.5 Å². The Balaban J connectivity index is 2.17. The predicted octanol–water partition coefficient (Wildman–Crippen LogP) is 1.11. The third-order valence-corrected chi connectivity index (χ3v) is 3.24. The van der Waals surface area contributed by atoms with Crippen LogP contribution < -0.4 is 16.3 Å². The van der Waals surface area contributed by atoms with Crippen LogP contribution in [-0.2, 0) is 11.3 Å². The monoisotopic (exact) mass is 307 g/mol. The Morgan fingerprint density at radius 2 is 2.09 bits per heavy atom. The van der Waals surface area contributed by atoms with E-state index in [0.29, 0.717) is 6.54 Å². The van der Waals surface area contributed by atoms with Crippen LogP contribution in [0, 0.1) is 0 Å². The van der Waals surface area contributed by atoms with Crippen molar-refractivity contribution in [3.8, 4) is 0 Å². The van der Waals surface area contributed by atoms with Crippen LogP contribution in [0.3, 0.4) is 0 Å². The summed E-state index contributed by atoms with van der Waals surface area (Å²) in [5.74, 6) is 0. The number of carbonyl (C=O) groups excluding carboxylic acids is 1.